The molecule has 0 unspecified atom stereocenters. The van der Waals surface area contributed by atoms with E-state index < -0.39 is 0 Å². The van der Waals surface area contributed by atoms with Gasteiger partial charge in [-0.25, -0.2) is 9.97 Å². The molecule has 0 amide bonds. The van der Waals surface area contributed by atoms with Crippen LogP contribution >= 0.6 is 0 Å². The topological polar surface area (TPSA) is 66.9 Å². The molecule has 25 heavy (non-hydrogen) atoms. The fraction of sp³-hybridized carbons (Fsp3) is 0.150. The summed E-state index contributed by atoms with van der Waals surface area (Å²) in [6, 6.07) is 17.6. The van der Waals surface area contributed by atoms with Crippen LogP contribution in [0.25, 0.3) is 0 Å². The van der Waals surface area contributed by atoms with Crippen LogP contribution < -0.4 is 10.6 Å². The highest BCUT2D eigenvalue weighted by molar-refractivity contribution is 5.95. The number of hydrogen-bond acceptors (Lipinski definition) is 5. The number of aromatic nitrogens is 2. The Hall–Kier alpha value is -3.21. The normalized spacial score (nSPS) is 10.3. The summed E-state index contributed by atoms with van der Waals surface area (Å²) in [6.45, 7) is 4.31. The Morgan fingerprint density at radius 2 is 1.76 bits per heavy atom. The Balaban J connectivity index is 1.68. The minimum absolute atomic E-state index is 0.0341. The van der Waals surface area contributed by atoms with Gasteiger partial charge in [0.1, 0.15) is 18.0 Å². The zero-order valence-electron chi connectivity index (χ0n) is 14.3. The third kappa shape index (κ3) is 4.64. The lowest BCUT2D eigenvalue weighted by atomic mass is 10.1. The van der Waals surface area contributed by atoms with E-state index in [0.717, 1.165) is 11.5 Å². The molecule has 0 atom stereocenters. The second-order valence-corrected chi connectivity index (χ2v) is 5.89. The summed E-state index contributed by atoms with van der Waals surface area (Å²) in [7, 11) is 0. The van der Waals surface area contributed by atoms with Crippen LogP contribution in [0.2, 0.25) is 0 Å². The second kappa shape index (κ2) is 7.57. The van der Waals surface area contributed by atoms with Crippen LogP contribution in [0.15, 0.2) is 60.9 Å². The van der Waals surface area contributed by atoms with Gasteiger partial charge >= 0.3 is 0 Å². The number of carbonyl (C=O) groups is 1. The SMILES string of the molecule is CC(=O)c1cccc(Nc2cc(NCc3ccc(C)cc3)ncn2)c1. The largest absolute Gasteiger partial charge is 0.366 e. The first-order valence-electron chi connectivity index (χ1n) is 8.09. The Morgan fingerprint density at radius 1 is 1.00 bits per heavy atom. The molecule has 2 aromatic carbocycles. The van der Waals surface area contributed by atoms with Crippen molar-refractivity contribution in [3.8, 4) is 0 Å². The number of carbonyl (C=O) groups excluding carboxylic acids is 1. The molecule has 0 bridgehead atoms. The van der Waals surface area contributed by atoms with Crippen LogP contribution in [0, 0.1) is 6.92 Å². The zero-order valence-corrected chi connectivity index (χ0v) is 14.3. The maximum absolute atomic E-state index is 11.5. The van der Waals surface area contributed by atoms with E-state index in [1.54, 1.807) is 13.0 Å². The number of hydrogen-bond donors (Lipinski definition) is 2. The molecule has 0 saturated heterocycles. The maximum atomic E-state index is 11.5. The minimum Gasteiger partial charge on any atom is -0.366 e. The maximum Gasteiger partial charge on any atom is 0.159 e. The fourth-order valence-electron chi connectivity index (χ4n) is 2.38. The molecule has 1 heterocycles. The van der Waals surface area contributed by atoms with Gasteiger partial charge in [-0.05, 0) is 31.5 Å². The van der Waals surface area contributed by atoms with Crippen molar-refractivity contribution in [1.29, 1.82) is 0 Å². The predicted octanol–water partition coefficient (Wildman–Crippen LogP) is 4.34. The highest BCUT2D eigenvalue weighted by Crippen LogP contribution is 2.18. The lowest BCUT2D eigenvalue weighted by Gasteiger charge is -2.09. The molecular formula is C20H20N4O. The summed E-state index contributed by atoms with van der Waals surface area (Å²) in [5, 5.41) is 6.49. The molecule has 0 aliphatic carbocycles. The predicted molar refractivity (Wildman–Crippen MR) is 100 cm³/mol. The fourth-order valence-corrected chi connectivity index (χ4v) is 2.38. The van der Waals surface area contributed by atoms with Crippen LogP contribution in [0.3, 0.4) is 0 Å². The van der Waals surface area contributed by atoms with Crippen LogP contribution in [-0.2, 0) is 6.54 Å². The van der Waals surface area contributed by atoms with Crippen LogP contribution in [0.5, 0.6) is 0 Å². The average molecular weight is 332 g/mol. The van der Waals surface area contributed by atoms with E-state index in [9.17, 15) is 4.79 Å². The molecule has 5 heteroatoms. The number of aryl methyl sites for hydroxylation is 1. The molecule has 3 aromatic rings. The van der Waals surface area contributed by atoms with Gasteiger partial charge in [0.2, 0.25) is 0 Å². The molecule has 1 aromatic heterocycles. The van der Waals surface area contributed by atoms with Crippen molar-refractivity contribution in [1.82, 2.24) is 9.97 Å². The molecule has 126 valence electrons. The van der Waals surface area contributed by atoms with Crippen molar-refractivity contribution in [3.05, 3.63) is 77.6 Å². The molecule has 2 N–H and O–H groups in total. The van der Waals surface area contributed by atoms with Crippen LogP contribution in [0.1, 0.15) is 28.4 Å². The van der Waals surface area contributed by atoms with Gasteiger partial charge in [0.15, 0.2) is 5.78 Å². The van der Waals surface area contributed by atoms with E-state index in [0.29, 0.717) is 17.9 Å². The van der Waals surface area contributed by atoms with Gasteiger partial charge in [-0.3, -0.25) is 4.79 Å². The molecular weight excluding hydrogens is 312 g/mol. The Labute approximate surface area is 147 Å². The van der Waals surface area contributed by atoms with Crippen molar-refractivity contribution in [2.45, 2.75) is 20.4 Å². The molecule has 0 saturated carbocycles. The first-order chi connectivity index (χ1) is 12.1. The van der Waals surface area contributed by atoms with Crippen molar-refractivity contribution in [2.75, 3.05) is 10.6 Å². The number of benzene rings is 2. The Bertz CT molecular complexity index is 875. The molecule has 0 fully saturated rings. The smallest absolute Gasteiger partial charge is 0.159 e. The summed E-state index contributed by atoms with van der Waals surface area (Å²) in [5.41, 5.74) is 3.91. The highest BCUT2D eigenvalue weighted by atomic mass is 16.1. The number of Topliss-reactive ketones (excluding diaryl/α,β-unsaturated/α-hetero) is 1. The minimum atomic E-state index is 0.0341. The van der Waals surface area contributed by atoms with Gasteiger partial charge in [-0.1, -0.05) is 42.0 Å². The van der Waals surface area contributed by atoms with E-state index in [1.807, 2.05) is 24.3 Å². The van der Waals surface area contributed by atoms with Gasteiger partial charge in [-0.2, -0.15) is 0 Å². The number of anilines is 3. The van der Waals surface area contributed by atoms with E-state index >= 15 is 0 Å². The molecule has 0 aliphatic rings. The number of nitrogens with one attached hydrogen (secondary N) is 2. The summed E-state index contributed by atoms with van der Waals surface area (Å²) in [5.74, 6) is 1.44. The number of ketones is 1. The summed E-state index contributed by atoms with van der Waals surface area (Å²) in [6.07, 6.45) is 1.51. The van der Waals surface area contributed by atoms with Crippen LogP contribution in [0.4, 0.5) is 17.3 Å². The molecule has 0 spiro atoms. The molecule has 0 radical (unpaired) electrons. The lowest BCUT2D eigenvalue weighted by molar-refractivity contribution is 0.101. The van der Waals surface area contributed by atoms with Crippen molar-refractivity contribution in [2.24, 2.45) is 0 Å². The highest BCUT2D eigenvalue weighted by Gasteiger charge is 2.03. The van der Waals surface area contributed by atoms with Gasteiger partial charge < -0.3 is 10.6 Å². The Morgan fingerprint density at radius 3 is 2.52 bits per heavy atom. The van der Waals surface area contributed by atoms with E-state index in [1.165, 1.54) is 17.5 Å². The van der Waals surface area contributed by atoms with E-state index in [-0.39, 0.29) is 5.78 Å². The summed E-state index contributed by atoms with van der Waals surface area (Å²) < 4.78 is 0. The zero-order chi connectivity index (χ0) is 17.6. The molecule has 5 nitrogen and oxygen atoms in total. The quantitative estimate of drug-likeness (QED) is 0.657. The first-order valence-corrected chi connectivity index (χ1v) is 8.09. The Kier molecular flexibility index (Phi) is 5.04. The third-order valence-electron chi connectivity index (χ3n) is 3.80. The second-order valence-electron chi connectivity index (χ2n) is 5.89. The lowest BCUT2D eigenvalue weighted by Crippen LogP contribution is -2.03. The standard InChI is InChI=1S/C20H20N4O/c1-14-6-8-16(9-7-14)12-21-19-11-20(23-13-22-19)24-18-5-3-4-17(10-18)15(2)25/h3-11,13H,12H2,1-2H3,(H2,21,22,23,24). The monoisotopic (exact) mass is 332 g/mol. The average Bonchev–Trinajstić information content (AvgIpc) is 2.62. The summed E-state index contributed by atoms with van der Waals surface area (Å²) >= 11 is 0. The van der Waals surface area contributed by atoms with Crippen molar-refractivity contribution in [3.63, 3.8) is 0 Å². The number of rotatable bonds is 6. The van der Waals surface area contributed by atoms with E-state index in [4.69, 9.17) is 0 Å². The van der Waals surface area contributed by atoms with Gasteiger partial charge in [0, 0.05) is 23.9 Å². The first kappa shape index (κ1) is 16.6. The molecule has 0 aliphatic heterocycles. The van der Waals surface area contributed by atoms with Crippen molar-refractivity contribution < 1.29 is 4.79 Å². The van der Waals surface area contributed by atoms with Gasteiger partial charge in [0.25, 0.3) is 0 Å². The van der Waals surface area contributed by atoms with Crippen LogP contribution in [-0.4, -0.2) is 15.8 Å². The third-order valence-corrected chi connectivity index (χ3v) is 3.80. The van der Waals surface area contributed by atoms with E-state index in [2.05, 4.69) is 51.8 Å². The summed E-state index contributed by atoms with van der Waals surface area (Å²) in [4.78, 5) is 20.0. The van der Waals surface area contributed by atoms with Gasteiger partial charge in [0.05, 0.1) is 0 Å². The molecule has 3 rings (SSSR count). The van der Waals surface area contributed by atoms with Gasteiger partial charge in [-0.15, -0.1) is 0 Å². The van der Waals surface area contributed by atoms with Crippen molar-refractivity contribution >= 4 is 23.1 Å². The number of nitrogens with zero attached hydrogens (tertiary/aromatic N) is 2.